The highest BCUT2D eigenvalue weighted by Gasteiger charge is 2.28. The molecule has 0 aromatic rings. The number of nitrogens with zero attached hydrogens (tertiary/aromatic N) is 1. The van der Waals surface area contributed by atoms with E-state index in [4.69, 9.17) is 9.84 Å². The molecule has 1 N–H and O–H groups in total. The van der Waals surface area contributed by atoms with Gasteiger partial charge in [0, 0.05) is 20.1 Å². The van der Waals surface area contributed by atoms with Gasteiger partial charge >= 0.3 is 5.97 Å². The summed E-state index contributed by atoms with van der Waals surface area (Å²) in [4.78, 5) is 23.7. The van der Waals surface area contributed by atoms with Crippen molar-refractivity contribution in [3.63, 3.8) is 0 Å². The standard InChI is InChI=1S/C10H17NO4/c1-15-7-8-3-2-6-11(8)9(12)4-5-10(13)14/h8H,2-7H2,1H3,(H,13,14). The Morgan fingerprint density at radius 3 is 2.80 bits per heavy atom. The average Bonchev–Trinajstić information content (AvgIpc) is 2.63. The maximum absolute atomic E-state index is 11.6. The summed E-state index contributed by atoms with van der Waals surface area (Å²) in [6.07, 6.45) is 1.93. The van der Waals surface area contributed by atoms with E-state index in [9.17, 15) is 9.59 Å². The van der Waals surface area contributed by atoms with Crippen molar-refractivity contribution in [2.75, 3.05) is 20.3 Å². The van der Waals surface area contributed by atoms with Crippen LogP contribution < -0.4 is 0 Å². The molecule has 86 valence electrons. The van der Waals surface area contributed by atoms with Gasteiger partial charge in [0.05, 0.1) is 19.1 Å². The van der Waals surface area contributed by atoms with Crippen molar-refractivity contribution in [1.29, 1.82) is 0 Å². The molecule has 1 atom stereocenters. The first-order chi connectivity index (χ1) is 7.15. The molecule has 1 unspecified atom stereocenters. The van der Waals surface area contributed by atoms with Crippen LogP contribution in [0.1, 0.15) is 25.7 Å². The van der Waals surface area contributed by atoms with Gasteiger partial charge < -0.3 is 14.7 Å². The molecular weight excluding hydrogens is 198 g/mol. The van der Waals surface area contributed by atoms with Crippen LogP contribution in [0.4, 0.5) is 0 Å². The van der Waals surface area contributed by atoms with E-state index >= 15 is 0 Å². The van der Waals surface area contributed by atoms with Crippen LogP contribution in [0.2, 0.25) is 0 Å². The van der Waals surface area contributed by atoms with Crippen molar-refractivity contribution in [2.24, 2.45) is 0 Å². The van der Waals surface area contributed by atoms with E-state index in [2.05, 4.69) is 0 Å². The summed E-state index contributed by atoms with van der Waals surface area (Å²) in [5, 5.41) is 8.48. The summed E-state index contributed by atoms with van der Waals surface area (Å²) < 4.78 is 5.02. The summed E-state index contributed by atoms with van der Waals surface area (Å²) in [6, 6.07) is 0.135. The normalized spacial score (nSPS) is 20.6. The predicted octanol–water partition coefficient (Wildman–Crippen LogP) is 0.489. The van der Waals surface area contributed by atoms with Crippen LogP contribution in [0.3, 0.4) is 0 Å². The van der Waals surface area contributed by atoms with E-state index in [0.29, 0.717) is 6.61 Å². The average molecular weight is 215 g/mol. The smallest absolute Gasteiger partial charge is 0.303 e. The van der Waals surface area contributed by atoms with Gasteiger partial charge in [0.2, 0.25) is 5.91 Å². The molecule has 1 fully saturated rings. The van der Waals surface area contributed by atoms with E-state index in [-0.39, 0.29) is 24.8 Å². The lowest BCUT2D eigenvalue weighted by atomic mass is 10.2. The zero-order valence-corrected chi connectivity index (χ0v) is 8.94. The van der Waals surface area contributed by atoms with Crippen molar-refractivity contribution >= 4 is 11.9 Å². The third-order valence-corrected chi connectivity index (χ3v) is 2.61. The highest BCUT2D eigenvalue weighted by Crippen LogP contribution is 2.18. The molecule has 1 rings (SSSR count). The molecule has 1 heterocycles. The number of hydrogen-bond donors (Lipinski definition) is 1. The van der Waals surface area contributed by atoms with Gasteiger partial charge in [-0.15, -0.1) is 0 Å². The molecule has 0 saturated carbocycles. The number of carboxylic acid groups (broad SMARTS) is 1. The quantitative estimate of drug-likeness (QED) is 0.724. The van der Waals surface area contributed by atoms with Crippen LogP contribution in [0.5, 0.6) is 0 Å². The molecule has 1 saturated heterocycles. The SMILES string of the molecule is COCC1CCCN1C(=O)CCC(=O)O. The maximum atomic E-state index is 11.6. The van der Waals surface area contributed by atoms with Crippen molar-refractivity contribution in [1.82, 2.24) is 4.90 Å². The monoisotopic (exact) mass is 215 g/mol. The summed E-state index contributed by atoms with van der Waals surface area (Å²) in [7, 11) is 1.61. The molecule has 1 aliphatic rings. The molecule has 0 aliphatic carbocycles. The Morgan fingerprint density at radius 1 is 1.47 bits per heavy atom. The van der Waals surface area contributed by atoms with Crippen LogP contribution in [-0.4, -0.2) is 48.2 Å². The number of carbonyl (C=O) groups excluding carboxylic acids is 1. The van der Waals surface area contributed by atoms with Gasteiger partial charge in [0.25, 0.3) is 0 Å². The Balaban J connectivity index is 2.40. The zero-order chi connectivity index (χ0) is 11.3. The predicted molar refractivity (Wildman–Crippen MR) is 53.5 cm³/mol. The van der Waals surface area contributed by atoms with Gasteiger partial charge in [-0.05, 0) is 12.8 Å². The minimum Gasteiger partial charge on any atom is -0.481 e. The van der Waals surface area contributed by atoms with E-state index in [1.165, 1.54) is 0 Å². The van der Waals surface area contributed by atoms with Gasteiger partial charge in [-0.3, -0.25) is 9.59 Å². The first-order valence-electron chi connectivity index (χ1n) is 5.15. The van der Waals surface area contributed by atoms with Crippen LogP contribution in [-0.2, 0) is 14.3 Å². The molecule has 0 spiro atoms. The van der Waals surface area contributed by atoms with Crippen LogP contribution in [0.25, 0.3) is 0 Å². The third kappa shape index (κ3) is 3.51. The summed E-state index contributed by atoms with van der Waals surface area (Å²) in [5.41, 5.74) is 0. The van der Waals surface area contributed by atoms with Gasteiger partial charge in [0.15, 0.2) is 0 Å². The van der Waals surface area contributed by atoms with Crippen LogP contribution >= 0.6 is 0 Å². The lowest BCUT2D eigenvalue weighted by Gasteiger charge is -2.23. The Bertz CT molecular complexity index is 242. The van der Waals surface area contributed by atoms with Gasteiger partial charge in [0.1, 0.15) is 0 Å². The fourth-order valence-corrected chi connectivity index (χ4v) is 1.89. The van der Waals surface area contributed by atoms with E-state index < -0.39 is 5.97 Å². The number of hydrogen-bond acceptors (Lipinski definition) is 3. The number of ether oxygens (including phenoxy) is 1. The number of likely N-dealkylation sites (tertiary alicyclic amines) is 1. The topological polar surface area (TPSA) is 66.8 Å². The fraction of sp³-hybridized carbons (Fsp3) is 0.800. The second kappa shape index (κ2) is 5.70. The minimum absolute atomic E-state index is 0.0723. The molecular formula is C10H17NO4. The zero-order valence-electron chi connectivity index (χ0n) is 8.94. The second-order valence-electron chi connectivity index (χ2n) is 3.73. The maximum Gasteiger partial charge on any atom is 0.303 e. The third-order valence-electron chi connectivity index (χ3n) is 2.61. The van der Waals surface area contributed by atoms with Crippen LogP contribution in [0, 0.1) is 0 Å². The first-order valence-corrected chi connectivity index (χ1v) is 5.15. The number of rotatable bonds is 5. The summed E-state index contributed by atoms with van der Waals surface area (Å²) in [6.45, 7) is 1.27. The van der Waals surface area contributed by atoms with Gasteiger partial charge in [-0.1, -0.05) is 0 Å². The minimum atomic E-state index is -0.925. The Labute approximate surface area is 89.0 Å². The molecule has 1 amide bonds. The molecule has 0 bridgehead atoms. The largest absolute Gasteiger partial charge is 0.481 e. The summed E-state index contributed by atoms with van der Waals surface area (Å²) in [5.74, 6) is -0.997. The fourth-order valence-electron chi connectivity index (χ4n) is 1.89. The van der Waals surface area contributed by atoms with Gasteiger partial charge in [-0.2, -0.15) is 0 Å². The van der Waals surface area contributed by atoms with Crippen molar-refractivity contribution < 1.29 is 19.4 Å². The van der Waals surface area contributed by atoms with Crippen molar-refractivity contribution in [2.45, 2.75) is 31.7 Å². The summed E-state index contributed by atoms with van der Waals surface area (Å²) >= 11 is 0. The molecule has 5 nitrogen and oxygen atoms in total. The Kier molecular flexibility index (Phi) is 4.55. The number of carbonyl (C=O) groups is 2. The Hall–Kier alpha value is -1.10. The van der Waals surface area contributed by atoms with E-state index in [0.717, 1.165) is 19.4 Å². The molecule has 0 aromatic heterocycles. The van der Waals surface area contributed by atoms with E-state index in [1.807, 2.05) is 0 Å². The lowest BCUT2D eigenvalue weighted by Crippen LogP contribution is -2.38. The number of amides is 1. The van der Waals surface area contributed by atoms with E-state index in [1.54, 1.807) is 12.0 Å². The highest BCUT2D eigenvalue weighted by molar-refractivity contribution is 5.81. The number of methoxy groups -OCH3 is 1. The molecule has 0 radical (unpaired) electrons. The second-order valence-corrected chi connectivity index (χ2v) is 3.73. The van der Waals surface area contributed by atoms with Gasteiger partial charge in [-0.25, -0.2) is 0 Å². The molecule has 5 heteroatoms. The first kappa shape index (κ1) is 12.0. The highest BCUT2D eigenvalue weighted by atomic mass is 16.5. The Morgan fingerprint density at radius 2 is 2.20 bits per heavy atom. The van der Waals surface area contributed by atoms with Crippen molar-refractivity contribution in [3.05, 3.63) is 0 Å². The number of carboxylic acids is 1. The van der Waals surface area contributed by atoms with Crippen molar-refractivity contribution in [3.8, 4) is 0 Å². The van der Waals surface area contributed by atoms with Crippen LogP contribution in [0.15, 0.2) is 0 Å². The lowest BCUT2D eigenvalue weighted by molar-refractivity contribution is -0.141. The molecule has 0 aromatic carbocycles. The molecule has 1 aliphatic heterocycles. The molecule has 15 heavy (non-hydrogen) atoms. The number of aliphatic carboxylic acids is 1.